The molecule has 0 saturated heterocycles. The topological polar surface area (TPSA) is 95.9 Å². The molecule has 0 radical (unpaired) electrons. The molecule has 3 N–H and O–H groups in total. The maximum Gasteiger partial charge on any atom is 0.305 e. The second-order valence-electron chi connectivity index (χ2n) is 17.9. The van der Waals surface area contributed by atoms with Crippen LogP contribution < -0.4 is 5.32 Å². The van der Waals surface area contributed by atoms with Gasteiger partial charge in [-0.2, -0.15) is 0 Å². The number of allylic oxidation sites excluding steroid dienone is 2. The van der Waals surface area contributed by atoms with Crippen LogP contribution in [0.3, 0.4) is 0 Å². The van der Waals surface area contributed by atoms with Gasteiger partial charge in [0.05, 0.1) is 25.4 Å². The molecule has 0 bridgehead atoms. The molecule has 0 spiro atoms. The molecule has 0 saturated carbocycles. The van der Waals surface area contributed by atoms with Crippen LogP contribution in [-0.2, 0) is 14.3 Å². The first kappa shape index (κ1) is 56.6. The van der Waals surface area contributed by atoms with Crippen LogP contribution in [0, 0.1) is 0 Å². The van der Waals surface area contributed by atoms with Crippen molar-refractivity contribution in [2.45, 2.75) is 296 Å². The van der Waals surface area contributed by atoms with Gasteiger partial charge in [0.25, 0.3) is 0 Å². The summed E-state index contributed by atoms with van der Waals surface area (Å²) in [7, 11) is 0. The van der Waals surface area contributed by atoms with Crippen LogP contribution in [0.15, 0.2) is 12.2 Å². The molecule has 6 nitrogen and oxygen atoms in total. The first-order valence-corrected chi connectivity index (χ1v) is 25.9. The number of amides is 1. The minimum Gasteiger partial charge on any atom is -0.466 e. The van der Waals surface area contributed by atoms with Crippen LogP contribution >= 0.6 is 0 Å². The Morgan fingerprint density at radius 3 is 1.22 bits per heavy atom. The maximum absolute atomic E-state index is 12.4. The molecule has 2 unspecified atom stereocenters. The molecule has 0 aliphatic heterocycles. The van der Waals surface area contributed by atoms with E-state index in [-0.39, 0.29) is 18.5 Å². The van der Waals surface area contributed by atoms with Crippen molar-refractivity contribution in [2.75, 3.05) is 13.2 Å². The number of carbonyl (C=O) groups is 2. The average Bonchev–Trinajstić information content (AvgIpc) is 3.22. The zero-order valence-corrected chi connectivity index (χ0v) is 39.0. The molecule has 0 aromatic rings. The van der Waals surface area contributed by atoms with Crippen molar-refractivity contribution in [2.24, 2.45) is 0 Å². The van der Waals surface area contributed by atoms with Crippen molar-refractivity contribution in [1.29, 1.82) is 0 Å². The van der Waals surface area contributed by atoms with Gasteiger partial charge in [-0.05, 0) is 51.4 Å². The van der Waals surface area contributed by atoms with Gasteiger partial charge in [-0.25, -0.2) is 0 Å². The predicted octanol–water partition coefficient (Wildman–Crippen LogP) is 15.3. The van der Waals surface area contributed by atoms with Crippen molar-refractivity contribution in [3.8, 4) is 0 Å². The molecule has 2 atom stereocenters. The lowest BCUT2D eigenvalue weighted by Gasteiger charge is -2.22. The molecule has 58 heavy (non-hydrogen) atoms. The van der Waals surface area contributed by atoms with Crippen LogP contribution in [0.4, 0.5) is 0 Å². The summed E-state index contributed by atoms with van der Waals surface area (Å²) in [6.07, 6.45) is 54.8. The van der Waals surface area contributed by atoms with Crippen molar-refractivity contribution >= 4 is 11.9 Å². The summed E-state index contributed by atoms with van der Waals surface area (Å²) in [4.78, 5) is 24.4. The van der Waals surface area contributed by atoms with Gasteiger partial charge in [-0.1, -0.05) is 231 Å². The van der Waals surface area contributed by atoms with E-state index < -0.39 is 12.1 Å². The van der Waals surface area contributed by atoms with E-state index >= 15 is 0 Å². The zero-order chi connectivity index (χ0) is 42.3. The third-order valence-electron chi connectivity index (χ3n) is 12.1. The van der Waals surface area contributed by atoms with E-state index in [1.54, 1.807) is 0 Å². The number of nitrogens with one attached hydrogen (secondary N) is 1. The van der Waals surface area contributed by atoms with Gasteiger partial charge >= 0.3 is 5.97 Å². The number of aliphatic hydroxyl groups is 2. The molecule has 6 heteroatoms. The Hall–Kier alpha value is -1.40. The summed E-state index contributed by atoms with van der Waals surface area (Å²) in [5.74, 6) is -0.0390. The molecule has 0 rings (SSSR count). The van der Waals surface area contributed by atoms with Gasteiger partial charge in [-0.15, -0.1) is 0 Å². The standard InChI is InChI=1S/C52H101NO5/c1-3-5-7-9-11-13-14-26-30-34-38-42-46-52(57)58-47-43-39-35-31-27-24-22-20-18-16-15-17-19-21-23-25-29-33-37-41-45-51(56)53-49(48-54)50(55)44-40-36-32-28-12-10-8-6-4-2/h15,17,49-50,54-55H,3-14,16,18-48H2,1-2H3,(H,53,56)/b17-15-. The number of hydrogen-bond acceptors (Lipinski definition) is 5. The van der Waals surface area contributed by atoms with E-state index in [0.717, 1.165) is 38.5 Å². The van der Waals surface area contributed by atoms with Gasteiger partial charge < -0.3 is 20.3 Å². The highest BCUT2D eigenvalue weighted by Gasteiger charge is 2.20. The number of carbonyl (C=O) groups excluding carboxylic acids is 2. The number of unbranched alkanes of at least 4 members (excludes halogenated alkanes) is 35. The fraction of sp³-hybridized carbons (Fsp3) is 0.923. The Bertz CT molecular complexity index is 863. The number of esters is 1. The van der Waals surface area contributed by atoms with Crippen LogP contribution in [0.1, 0.15) is 284 Å². The van der Waals surface area contributed by atoms with Gasteiger partial charge in [-0.3, -0.25) is 9.59 Å². The van der Waals surface area contributed by atoms with Crippen molar-refractivity contribution in [1.82, 2.24) is 5.32 Å². The van der Waals surface area contributed by atoms with E-state index in [9.17, 15) is 19.8 Å². The summed E-state index contributed by atoms with van der Waals surface area (Å²) in [6.45, 7) is 4.92. The summed E-state index contributed by atoms with van der Waals surface area (Å²) in [5, 5.41) is 23.1. The number of hydrogen-bond donors (Lipinski definition) is 3. The largest absolute Gasteiger partial charge is 0.466 e. The van der Waals surface area contributed by atoms with E-state index in [0.29, 0.717) is 25.9 Å². The van der Waals surface area contributed by atoms with Gasteiger partial charge in [0.2, 0.25) is 5.91 Å². The second kappa shape index (κ2) is 48.3. The fourth-order valence-electron chi connectivity index (χ4n) is 8.05. The predicted molar refractivity (Wildman–Crippen MR) is 250 cm³/mol. The quantitative estimate of drug-likeness (QED) is 0.0323. The lowest BCUT2D eigenvalue weighted by molar-refractivity contribution is -0.143. The molecule has 0 aromatic carbocycles. The maximum atomic E-state index is 12.4. The van der Waals surface area contributed by atoms with Crippen LogP contribution in [-0.4, -0.2) is 47.4 Å². The number of aliphatic hydroxyl groups excluding tert-OH is 2. The van der Waals surface area contributed by atoms with Gasteiger partial charge in [0, 0.05) is 12.8 Å². The zero-order valence-electron chi connectivity index (χ0n) is 39.0. The molecule has 0 fully saturated rings. The van der Waals surface area contributed by atoms with E-state index in [2.05, 4.69) is 31.3 Å². The summed E-state index contributed by atoms with van der Waals surface area (Å²) >= 11 is 0. The Balaban J connectivity index is 3.40. The Labute approximate surface area is 361 Å². The van der Waals surface area contributed by atoms with Crippen molar-refractivity contribution < 1.29 is 24.5 Å². The molecule has 0 aliphatic carbocycles. The number of rotatable bonds is 48. The minimum absolute atomic E-state index is 0.00673. The molecule has 344 valence electrons. The number of ether oxygens (including phenoxy) is 1. The molecule has 0 aliphatic rings. The highest BCUT2D eigenvalue weighted by molar-refractivity contribution is 5.76. The molecule has 0 aromatic heterocycles. The highest BCUT2D eigenvalue weighted by atomic mass is 16.5. The Morgan fingerprint density at radius 1 is 0.466 bits per heavy atom. The van der Waals surface area contributed by atoms with Crippen molar-refractivity contribution in [3.05, 3.63) is 12.2 Å². The summed E-state index contributed by atoms with van der Waals surface area (Å²) in [6, 6.07) is -0.544. The van der Waals surface area contributed by atoms with Crippen LogP contribution in [0.25, 0.3) is 0 Å². The smallest absolute Gasteiger partial charge is 0.305 e. The average molecular weight is 820 g/mol. The molecule has 1 amide bonds. The van der Waals surface area contributed by atoms with E-state index in [1.165, 1.54) is 212 Å². The molecular weight excluding hydrogens is 719 g/mol. The van der Waals surface area contributed by atoms with Crippen molar-refractivity contribution in [3.63, 3.8) is 0 Å². The van der Waals surface area contributed by atoms with Gasteiger partial charge in [0.15, 0.2) is 0 Å². The Morgan fingerprint density at radius 2 is 0.810 bits per heavy atom. The lowest BCUT2D eigenvalue weighted by atomic mass is 10.0. The fourth-order valence-corrected chi connectivity index (χ4v) is 8.05. The first-order chi connectivity index (χ1) is 28.5. The third kappa shape index (κ3) is 44.2. The Kier molecular flexibility index (Phi) is 47.1. The summed E-state index contributed by atoms with van der Waals surface area (Å²) in [5.41, 5.74) is 0. The monoisotopic (exact) mass is 820 g/mol. The minimum atomic E-state index is -0.666. The van der Waals surface area contributed by atoms with Crippen LogP contribution in [0.2, 0.25) is 0 Å². The highest BCUT2D eigenvalue weighted by Crippen LogP contribution is 2.16. The first-order valence-electron chi connectivity index (χ1n) is 25.9. The normalized spacial score (nSPS) is 12.7. The second-order valence-corrected chi connectivity index (χ2v) is 17.9. The lowest BCUT2D eigenvalue weighted by Crippen LogP contribution is -2.45. The summed E-state index contributed by atoms with van der Waals surface area (Å²) < 4.78 is 5.46. The SMILES string of the molecule is CCCCCCCCCCCCCCC(=O)OCCCCCCCCCCC/C=C\CCCCCCCCCC(=O)NC(CO)C(O)CCCCCCCCCCC. The third-order valence-corrected chi connectivity index (χ3v) is 12.1. The van der Waals surface area contributed by atoms with E-state index in [1.807, 2.05) is 0 Å². The van der Waals surface area contributed by atoms with Crippen LogP contribution in [0.5, 0.6) is 0 Å². The van der Waals surface area contributed by atoms with Gasteiger partial charge in [0.1, 0.15) is 0 Å². The molecule has 0 heterocycles. The van der Waals surface area contributed by atoms with E-state index in [4.69, 9.17) is 4.74 Å². The molecular formula is C52H101NO5.